The number of sulfonamides is 1. The van der Waals surface area contributed by atoms with Gasteiger partial charge in [-0.2, -0.15) is 0 Å². The van der Waals surface area contributed by atoms with Crippen LogP contribution in [-0.2, 0) is 26.2 Å². The molecule has 0 fully saturated rings. The summed E-state index contributed by atoms with van der Waals surface area (Å²) in [6.45, 7) is 4.51. The van der Waals surface area contributed by atoms with Gasteiger partial charge in [-0.1, -0.05) is 56.3 Å². The van der Waals surface area contributed by atoms with E-state index in [2.05, 4.69) is 5.32 Å². The number of hydrogen-bond acceptors (Lipinski definition) is 5. The van der Waals surface area contributed by atoms with Crippen LogP contribution in [0.15, 0.2) is 59.5 Å². The number of rotatable bonds is 11. The molecule has 1 heterocycles. The number of carbonyl (C=O) groups excluding carboxylic acids is 3. The standard InChI is InChI=1S/C25H31N3O5S/c1-3-16-26-24(30)21(4-2)27(18-19-11-6-5-7-12-19)23(29)15-10-17-28-25(31)20-13-8-9-14-22(20)34(28,32)33/h5-9,11-14,21H,3-4,10,15-18H2,1-2H3,(H,26,30)/t21-/m0/s1. The maximum Gasteiger partial charge on any atom is 0.269 e. The van der Waals surface area contributed by atoms with Gasteiger partial charge in [-0.15, -0.1) is 0 Å². The lowest BCUT2D eigenvalue weighted by atomic mass is 10.1. The van der Waals surface area contributed by atoms with Gasteiger partial charge in [-0.05, 0) is 37.0 Å². The van der Waals surface area contributed by atoms with Crippen molar-refractivity contribution in [1.82, 2.24) is 14.5 Å². The number of amides is 3. The number of fused-ring (bicyclic) bond motifs is 1. The van der Waals surface area contributed by atoms with Crippen molar-refractivity contribution in [2.24, 2.45) is 0 Å². The first kappa shape index (κ1) is 25.4. The maximum absolute atomic E-state index is 13.3. The summed E-state index contributed by atoms with van der Waals surface area (Å²) in [5.41, 5.74) is 1.04. The minimum Gasteiger partial charge on any atom is -0.354 e. The van der Waals surface area contributed by atoms with E-state index in [4.69, 9.17) is 0 Å². The summed E-state index contributed by atoms with van der Waals surface area (Å²) in [5, 5.41) is 2.87. The van der Waals surface area contributed by atoms with E-state index in [0.29, 0.717) is 13.0 Å². The second-order valence-electron chi connectivity index (χ2n) is 8.20. The first-order valence-corrected chi connectivity index (χ1v) is 13.0. The molecule has 0 bridgehead atoms. The Morgan fingerprint density at radius 1 is 1.03 bits per heavy atom. The van der Waals surface area contributed by atoms with Crippen LogP contribution < -0.4 is 5.32 Å². The SMILES string of the molecule is CCCNC(=O)[C@H](CC)N(Cc1ccccc1)C(=O)CCCN1C(=O)c2ccccc2S1(=O)=O. The summed E-state index contributed by atoms with van der Waals surface area (Å²) < 4.78 is 26.3. The average molecular weight is 486 g/mol. The summed E-state index contributed by atoms with van der Waals surface area (Å²) in [6, 6.07) is 14.9. The fraction of sp³-hybridized carbons (Fsp3) is 0.400. The van der Waals surface area contributed by atoms with Crippen LogP contribution in [0.5, 0.6) is 0 Å². The van der Waals surface area contributed by atoms with Crippen LogP contribution in [0.1, 0.15) is 55.5 Å². The Labute approximate surface area is 201 Å². The van der Waals surface area contributed by atoms with Gasteiger partial charge in [0.25, 0.3) is 15.9 Å². The van der Waals surface area contributed by atoms with E-state index in [9.17, 15) is 22.8 Å². The topological polar surface area (TPSA) is 104 Å². The van der Waals surface area contributed by atoms with Gasteiger partial charge in [0.05, 0.1) is 5.56 Å². The van der Waals surface area contributed by atoms with E-state index in [1.54, 1.807) is 17.0 Å². The molecule has 3 rings (SSSR count). The van der Waals surface area contributed by atoms with Crippen molar-refractivity contribution >= 4 is 27.7 Å². The lowest BCUT2D eigenvalue weighted by Gasteiger charge is -2.31. The predicted octanol–water partition coefficient (Wildman–Crippen LogP) is 2.94. The average Bonchev–Trinajstić information content (AvgIpc) is 3.03. The molecule has 1 aliphatic rings. The Bertz CT molecular complexity index is 1130. The van der Waals surface area contributed by atoms with Crippen molar-refractivity contribution in [2.75, 3.05) is 13.1 Å². The van der Waals surface area contributed by atoms with E-state index in [-0.39, 0.29) is 48.2 Å². The van der Waals surface area contributed by atoms with Gasteiger partial charge in [0.15, 0.2) is 0 Å². The molecule has 1 N–H and O–H groups in total. The predicted molar refractivity (Wildman–Crippen MR) is 128 cm³/mol. The number of nitrogens with zero attached hydrogens (tertiary/aromatic N) is 2. The van der Waals surface area contributed by atoms with Gasteiger partial charge in [0.2, 0.25) is 11.8 Å². The molecule has 0 radical (unpaired) electrons. The molecule has 0 unspecified atom stereocenters. The second kappa shape index (κ2) is 11.3. The van der Waals surface area contributed by atoms with Crippen LogP contribution in [0.4, 0.5) is 0 Å². The highest BCUT2D eigenvalue weighted by atomic mass is 32.2. The van der Waals surface area contributed by atoms with E-state index in [1.165, 1.54) is 12.1 Å². The number of nitrogens with one attached hydrogen (secondary N) is 1. The summed E-state index contributed by atoms with van der Waals surface area (Å²) in [7, 11) is -3.91. The molecule has 34 heavy (non-hydrogen) atoms. The zero-order valence-corrected chi connectivity index (χ0v) is 20.4. The molecule has 8 nitrogen and oxygen atoms in total. The highest BCUT2D eigenvalue weighted by molar-refractivity contribution is 7.90. The first-order chi connectivity index (χ1) is 16.3. The van der Waals surface area contributed by atoms with Crippen molar-refractivity contribution in [3.63, 3.8) is 0 Å². The first-order valence-electron chi connectivity index (χ1n) is 11.6. The number of carbonyl (C=O) groups is 3. The molecule has 0 saturated heterocycles. The zero-order valence-electron chi connectivity index (χ0n) is 19.6. The fourth-order valence-corrected chi connectivity index (χ4v) is 5.64. The molecular formula is C25H31N3O5S. The van der Waals surface area contributed by atoms with Crippen molar-refractivity contribution in [1.29, 1.82) is 0 Å². The molecule has 1 atom stereocenters. The third kappa shape index (κ3) is 5.47. The third-order valence-corrected chi connectivity index (χ3v) is 7.64. The van der Waals surface area contributed by atoms with E-state index < -0.39 is 22.0 Å². The third-order valence-electron chi connectivity index (χ3n) is 5.79. The van der Waals surface area contributed by atoms with E-state index in [0.717, 1.165) is 16.3 Å². The molecule has 0 aliphatic carbocycles. The second-order valence-corrected chi connectivity index (χ2v) is 10.0. The molecule has 0 aromatic heterocycles. The monoisotopic (exact) mass is 485 g/mol. The smallest absolute Gasteiger partial charge is 0.269 e. The molecule has 1 aliphatic heterocycles. The highest BCUT2D eigenvalue weighted by Gasteiger charge is 2.40. The van der Waals surface area contributed by atoms with Gasteiger partial charge in [0.1, 0.15) is 10.9 Å². The lowest BCUT2D eigenvalue weighted by Crippen LogP contribution is -2.49. The van der Waals surface area contributed by atoms with Crippen LogP contribution >= 0.6 is 0 Å². The Morgan fingerprint density at radius 2 is 1.71 bits per heavy atom. The number of benzene rings is 2. The molecule has 0 saturated carbocycles. The lowest BCUT2D eigenvalue weighted by molar-refractivity contribution is -0.141. The van der Waals surface area contributed by atoms with Gasteiger partial charge in [0, 0.05) is 26.1 Å². The Morgan fingerprint density at radius 3 is 2.35 bits per heavy atom. The summed E-state index contributed by atoms with van der Waals surface area (Å²) >= 11 is 0. The molecule has 9 heteroatoms. The van der Waals surface area contributed by atoms with Gasteiger partial charge >= 0.3 is 0 Å². The van der Waals surface area contributed by atoms with Crippen LogP contribution in [0.25, 0.3) is 0 Å². The number of hydrogen-bond donors (Lipinski definition) is 1. The minimum atomic E-state index is -3.91. The normalized spacial score (nSPS) is 15.0. The maximum atomic E-state index is 13.3. The van der Waals surface area contributed by atoms with Crippen LogP contribution in [0.2, 0.25) is 0 Å². The summed E-state index contributed by atoms with van der Waals surface area (Å²) in [4.78, 5) is 40.2. The molecule has 2 aromatic carbocycles. The van der Waals surface area contributed by atoms with Crippen molar-refractivity contribution < 1.29 is 22.8 Å². The highest BCUT2D eigenvalue weighted by Crippen LogP contribution is 2.30. The Hall–Kier alpha value is -3.20. The van der Waals surface area contributed by atoms with E-state index >= 15 is 0 Å². The largest absolute Gasteiger partial charge is 0.354 e. The molecule has 182 valence electrons. The van der Waals surface area contributed by atoms with Crippen LogP contribution in [-0.4, -0.2) is 54.5 Å². The van der Waals surface area contributed by atoms with E-state index in [1.807, 2.05) is 44.2 Å². The van der Waals surface area contributed by atoms with Crippen molar-refractivity contribution in [2.45, 2.75) is 57.0 Å². The van der Waals surface area contributed by atoms with Gasteiger partial charge in [-0.3, -0.25) is 14.4 Å². The summed E-state index contributed by atoms with van der Waals surface area (Å²) in [5.74, 6) is -1.04. The van der Waals surface area contributed by atoms with Crippen molar-refractivity contribution in [3.05, 3.63) is 65.7 Å². The molecular weight excluding hydrogens is 454 g/mol. The van der Waals surface area contributed by atoms with Gasteiger partial charge < -0.3 is 10.2 Å². The minimum absolute atomic E-state index is 0.00401. The molecule has 2 aromatic rings. The Balaban J connectivity index is 1.71. The Kier molecular flexibility index (Phi) is 8.44. The summed E-state index contributed by atoms with van der Waals surface area (Å²) in [6.07, 6.45) is 1.41. The van der Waals surface area contributed by atoms with Crippen molar-refractivity contribution in [3.8, 4) is 0 Å². The molecule has 0 spiro atoms. The quantitative estimate of drug-likeness (QED) is 0.527. The fourth-order valence-electron chi connectivity index (χ4n) is 4.04. The van der Waals surface area contributed by atoms with Crippen LogP contribution in [0, 0.1) is 0 Å². The zero-order chi connectivity index (χ0) is 24.7. The van der Waals surface area contributed by atoms with Crippen LogP contribution in [0.3, 0.4) is 0 Å². The molecule has 3 amide bonds. The van der Waals surface area contributed by atoms with Gasteiger partial charge in [-0.25, -0.2) is 12.7 Å².